The summed E-state index contributed by atoms with van der Waals surface area (Å²) in [6.07, 6.45) is 0. The molecular formula is C24H23NO3. The van der Waals surface area contributed by atoms with Crippen LogP contribution in [0.25, 0.3) is 0 Å². The number of nitrogens with one attached hydrogen (secondary N) is 1. The Morgan fingerprint density at radius 1 is 0.893 bits per heavy atom. The van der Waals surface area contributed by atoms with E-state index < -0.39 is 0 Å². The second-order valence-corrected chi connectivity index (χ2v) is 6.53. The Hall–Kier alpha value is -3.53. The molecule has 4 nitrogen and oxygen atoms in total. The van der Waals surface area contributed by atoms with Crippen LogP contribution in [0.1, 0.15) is 22.8 Å². The SMILES string of the molecule is C=C(C)COc1cccc(C(=O)Nc2cccc(OCc3ccccc3)c2)c1. The van der Waals surface area contributed by atoms with Gasteiger partial charge in [0.25, 0.3) is 5.91 Å². The summed E-state index contributed by atoms with van der Waals surface area (Å²) in [6.45, 7) is 6.60. The van der Waals surface area contributed by atoms with E-state index in [1.165, 1.54) is 0 Å². The molecule has 1 amide bonds. The van der Waals surface area contributed by atoms with E-state index in [2.05, 4.69) is 11.9 Å². The van der Waals surface area contributed by atoms with Crippen molar-refractivity contribution < 1.29 is 14.3 Å². The monoisotopic (exact) mass is 373 g/mol. The largest absolute Gasteiger partial charge is 0.489 e. The fourth-order valence-corrected chi connectivity index (χ4v) is 2.54. The Morgan fingerprint density at radius 3 is 2.36 bits per heavy atom. The third-order valence-electron chi connectivity index (χ3n) is 3.92. The molecule has 0 aliphatic heterocycles. The summed E-state index contributed by atoms with van der Waals surface area (Å²) < 4.78 is 11.4. The van der Waals surface area contributed by atoms with Gasteiger partial charge >= 0.3 is 0 Å². The first-order valence-corrected chi connectivity index (χ1v) is 9.05. The average molecular weight is 373 g/mol. The van der Waals surface area contributed by atoms with Gasteiger partial charge in [-0.05, 0) is 48.4 Å². The molecule has 0 heterocycles. The van der Waals surface area contributed by atoms with Crippen LogP contribution in [0.4, 0.5) is 5.69 Å². The van der Waals surface area contributed by atoms with Crippen LogP contribution in [0.3, 0.4) is 0 Å². The highest BCUT2D eigenvalue weighted by Gasteiger charge is 2.08. The zero-order chi connectivity index (χ0) is 19.8. The predicted octanol–water partition coefficient (Wildman–Crippen LogP) is 5.47. The second kappa shape index (κ2) is 9.42. The number of ether oxygens (including phenoxy) is 2. The maximum atomic E-state index is 12.6. The number of amides is 1. The lowest BCUT2D eigenvalue weighted by Gasteiger charge is -2.10. The number of hydrogen-bond donors (Lipinski definition) is 1. The van der Waals surface area contributed by atoms with Gasteiger partial charge in [0.15, 0.2) is 0 Å². The van der Waals surface area contributed by atoms with E-state index in [0.717, 1.165) is 11.1 Å². The van der Waals surface area contributed by atoms with Crippen molar-refractivity contribution in [2.45, 2.75) is 13.5 Å². The topological polar surface area (TPSA) is 47.6 Å². The lowest BCUT2D eigenvalue weighted by Crippen LogP contribution is -2.12. The normalized spacial score (nSPS) is 10.2. The number of carbonyl (C=O) groups is 1. The first kappa shape index (κ1) is 19.2. The molecule has 3 aromatic carbocycles. The highest BCUT2D eigenvalue weighted by molar-refractivity contribution is 6.04. The summed E-state index contributed by atoms with van der Waals surface area (Å²) in [5.41, 5.74) is 3.20. The Balaban J connectivity index is 1.62. The fourth-order valence-electron chi connectivity index (χ4n) is 2.54. The lowest BCUT2D eigenvalue weighted by molar-refractivity contribution is 0.102. The van der Waals surface area contributed by atoms with Crippen molar-refractivity contribution in [3.05, 3.63) is 102 Å². The summed E-state index contributed by atoms with van der Waals surface area (Å²) in [5, 5.41) is 2.90. The maximum absolute atomic E-state index is 12.6. The molecule has 0 atom stereocenters. The number of carbonyl (C=O) groups excluding carboxylic acids is 1. The molecule has 142 valence electrons. The minimum Gasteiger partial charge on any atom is -0.489 e. The van der Waals surface area contributed by atoms with Gasteiger partial charge in [-0.1, -0.05) is 49.0 Å². The molecule has 0 unspecified atom stereocenters. The molecule has 0 aliphatic carbocycles. The van der Waals surface area contributed by atoms with Crippen molar-refractivity contribution in [2.75, 3.05) is 11.9 Å². The zero-order valence-corrected chi connectivity index (χ0v) is 15.9. The molecule has 0 radical (unpaired) electrons. The quantitative estimate of drug-likeness (QED) is 0.532. The number of benzene rings is 3. The fraction of sp³-hybridized carbons (Fsp3) is 0.125. The smallest absolute Gasteiger partial charge is 0.255 e. The molecule has 28 heavy (non-hydrogen) atoms. The summed E-state index contributed by atoms with van der Waals surface area (Å²) in [6, 6.07) is 24.4. The summed E-state index contributed by atoms with van der Waals surface area (Å²) in [4.78, 5) is 12.6. The number of hydrogen-bond acceptors (Lipinski definition) is 3. The molecule has 1 N–H and O–H groups in total. The van der Waals surface area contributed by atoms with Crippen LogP contribution in [0, 0.1) is 0 Å². The standard InChI is InChI=1S/C24H23NO3/c1-18(2)16-27-22-12-6-10-20(14-22)24(26)25-21-11-7-13-23(15-21)28-17-19-8-4-3-5-9-19/h3-15H,1,16-17H2,2H3,(H,25,26). The lowest BCUT2D eigenvalue weighted by atomic mass is 10.2. The van der Waals surface area contributed by atoms with E-state index in [-0.39, 0.29) is 5.91 Å². The van der Waals surface area contributed by atoms with E-state index in [1.807, 2.05) is 67.6 Å². The van der Waals surface area contributed by atoms with Crippen molar-refractivity contribution in [3.63, 3.8) is 0 Å². The van der Waals surface area contributed by atoms with Gasteiger partial charge in [-0.15, -0.1) is 0 Å². The molecule has 3 rings (SSSR count). The van der Waals surface area contributed by atoms with Crippen molar-refractivity contribution in [1.29, 1.82) is 0 Å². The van der Waals surface area contributed by atoms with Crippen molar-refractivity contribution in [2.24, 2.45) is 0 Å². The van der Waals surface area contributed by atoms with Crippen molar-refractivity contribution in [1.82, 2.24) is 0 Å². The van der Waals surface area contributed by atoms with Crippen LogP contribution in [0.15, 0.2) is 91.0 Å². The van der Waals surface area contributed by atoms with Crippen molar-refractivity contribution in [3.8, 4) is 11.5 Å². The second-order valence-electron chi connectivity index (χ2n) is 6.53. The van der Waals surface area contributed by atoms with E-state index in [0.29, 0.717) is 36.0 Å². The van der Waals surface area contributed by atoms with Gasteiger partial charge in [-0.2, -0.15) is 0 Å². The van der Waals surface area contributed by atoms with E-state index >= 15 is 0 Å². The van der Waals surface area contributed by atoms with E-state index in [4.69, 9.17) is 9.47 Å². The van der Waals surface area contributed by atoms with Crippen LogP contribution in [-0.4, -0.2) is 12.5 Å². The van der Waals surface area contributed by atoms with Crippen LogP contribution >= 0.6 is 0 Å². The Labute approximate surface area is 165 Å². The van der Waals surface area contributed by atoms with Crippen LogP contribution in [-0.2, 0) is 6.61 Å². The van der Waals surface area contributed by atoms with E-state index in [1.54, 1.807) is 18.2 Å². The average Bonchev–Trinajstić information content (AvgIpc) is 2.72. The molecule has 3 aromatic rings. The van der Waals surface area contributed by atoms with Gasteiger partial charge in [-0.25, -0.2) is 0 Å². The first-order chi connectivity index (χ1) is 13.6. The molecule has 0 aliphatic rings. The number of rotatable bonds is 8. The van der Waals surface area contributed by atoms with Gasteiger partial charge < -0.3 is 14.8 Å². The summed E-state index contributed by atoms with van der Waals surface area (Å²) in [7, 11) is 0. The molecule has 0 saturated carbocycles. The van der Waals surface area contributed by atoms with Gasteiger partial charge in [0.2, 0.25) is 0 Å². The minimum atomic E-state index is -0.207. The van der Waals surface area contributed by atoms with Gasteiger partial charge in [0.05, 0.1) is 0 Å². The van der Waals surface area contributed by atoms with Crippen LogP contribution in [0.2, 0.25) is 0 Å². The summed E-state index contributed by atoms with van der Waals surface area (Å²) >= 11 is 0. The Morgan fingerprint density at radius 2 is 1.61 bits per heavy atom. The third kappa shape index (κ3) is 5.74. The first-order valence-electron chi connectivity index (χ1n) is 9.05. The molecule has 0 saturated heterocycles. The van der Waals surface area contributed by atoms with Gasteiger partial charge in [0.1, 0.15) is 24.7 Å². The maximum Gasteiger partial charge on any atom is 0.255 e. The predicted molar refractivity (Wildman–Crippen MR) is 112 cm³/mol. The zero-order valence-electron chi connectivity index (χ0n) is 15.9. The molecule has 0 spiro atoms. The molecule has 4 heteroatoms. The van der Waals surface area contributed by atoms with Crippen LogP contribution in [0.5, 0.6) is 11.5 Å². The highest BCUT2D eigenvalue weighted by atomic mass is 16.5. The molecule has 0 aromatic heterocycles. The number of anilines is 1. The molecular weight excluding hydrogens is 350 g/mol. The molecule has 0 bridgehead atoms. The van der Waals surface area contributed by atoms with Crippen LogP contribution < -0.4 is 14.8 Å². The van der Waals surface area contributed by atoms with E-state index in [9.17, 15) is 4.79 Å². The van der Waals surface area contributed by atoms with Crippen molar-refractivity contribution >= 4 is 11.6 Å². The third-order valence-corrected chi connectivity index (χ3v) is 3.92. The minimum absolute atomic E-state index is 0.207. The van der Waals surface area contributed by atoms with Gasteiger partial charge in [0, 0.05) is 17.3 Å². The Kier molecular flexibility index (Phi) is 6.47. The summed E-state index contributed by atoms with van der Waals surface area (Å²) in [5.74, 6) is 1.12. The molecule has 0 fully saturated rings. The Bertz CT molecular complexity index is 951. The highest BCUT2D eigenvalue weighted by Crippen LogP contribution is 2.20. The van der Waals surface area contributed by atoms with Gasteiger partial charge in [-0.3, -0.25) is 4.79 Å².